The van der Waals surface area contributed by atoms with Crippen LogP contribution in [0.2, 0.25) is 0 Å². The van der Waals surface area contributed by atoms with Gasteiger partial charge in [0.1, 0.15) is 6.29 Å². The number of carbonyl (C=O) groups is 1. The second-order valence-corrected chi connectivity index (χ2v) is 4.75. The molecule has 0 heterocycles. The fraction of sp³-hybridized carbons (Fsp3) is 0.364. The number of alkyl halides is 3. The molecule has 0 spiro atoms. The summed E-state index contributed by atoms with van der Waals surface area (Å²) in [6, 6.07) is 4.41. The second-order valence-electron chi connectivity index (χ2n) is 3.59. The first-order valence-electron chi connectivity index (χ1n) is 4.66. The molecule has 1 aromatic carbocycles. The zero-order valence-corrected chi connectivity index (χ0v) is 10.7. The molecule has 0 aromatic heterocycles. The van der Waals surface area contributed by atoms with Crippen molar-refractivity contribution in [3.8, 4) is 0 Å². The Bertz CT molecular complexity index is 387. The summed E-state index contributed by atoms with van der Waals surface area (Å²) in [6.07, 6.45) is -3.58. The van der Waals surface area contributed by atoms with Gasteiger partial charge in [-0.05, 0) is 40.6 Å². The van der Waals surface area contributed by atoms with Crippen LogP contribution in [0.15, 0.2) is 18.2 Å². The van der Waals surface area contributed by atoms with Crippen LogP contribution in [-0.2, 0) is 17.4 Å². The summed E-state index contributed by atoms with van der Waals surface area (Å²) in [5, 5.41) is 0. The molecule has 0 aliphatic heterocycles. The van der Waals surface area contributed by atoms with Crippen LogP contribution in [0.1, 0.15) is 18.1 Å². The van der Waals surface area contributed by atoms with E-state index in [4.69, 9.17) is 0 Å². The molecule has 1 rings (SSSR count). The summed E-state index contributed by atoms with van der Waals surface area (Å²) < 4.78 is 38.5. The Morgan fingerprint density at radius 2 is 2.06 bits per heavy atom. The minimum atomic E-state index is -4.37. The van der Waals surface area contributed by atoms with Crippen molar-refractivity contribution in [1.82, 2.24) is 0 Å². The fourth-order valence-corrected chi connectivity index (χ4v) is 2.31. The summed E-state index contributed by atoms with van der Waals surface area (Å²) in [4.78, 5) is 10.5. The highest BCUT2D eigenvalue weighted by atomic mass is 127. The molecule has 0 N–H and O–H groups in total. The van der Waals surface area contributed by atoms with Crippen LogP contribution in [0, 0.1) is 9.49 Å². The molecule has 5 heteroatoms. The van der Waals surface area contributed by atoms with E-state index >= 15 is 0 Å². The van der Waals surface area contributed by atoms with Gasteiger partial charge in [0.25, 0.3) is 0 Å². The van der Waals surface area contributed by atoms with Crippen molar-refractivity contribution in [2.45, 2.75) is 19.5 Å². The normalized spacial score (nSPS) is 13.6. The van der Waals surface area contributed by atoms with Crippen LogP contribution >= 0.6 is 22.6 Å². The summed E-state index contributed by atoms with van der Waals surface area (Å²) in [5.41, 5.74) is -0.441. The van der Waals surface area contributed by atoms with Crippen LogP contribution < -0.4 is 0 Å². The van der Waals surface area contributed by atoms with Gasteiger partial charge in [-0.15, -0.1) is 0 Å². The molecule has 0 aliphatic carbocycles. The van der Waals surface area contributed by atoms with E-state index in [2.05, 4.69) is 0 Å². The fourth-order valence-electron chi connectivity index (χ4n) is 1.45. The van der Waals surface area contributed by atoms with Crippen molar-refractivity contribution in [2.75, 3.05) is 0 Å². The Morgan fingerprint density at radius 3 is 2.56 bits per heavy atom. The topological polar surface area (TPSA) is 17.1 Å². The van der Waals surface area contributed by atoms with Crippen LogP contribution in [0.3, 0.4) is 0 Å². The molecule has 0 amide bonds. The summed E-state index contributed by atoms with van der Waals surface area (Å²) in [5.74, 6) is -0.403. The monoisotopic (exact) mass is 342 g/mol. The smallest absolute Gasteiger partial charge is 0.303 e. The lowest BCUT2D eigenvalue weighted by atomic mass is 9.97. The van der Waals surface area contributed by atoms with Gasteiger partial charge < -0.3 is 4.79 Å². The van der Waals surface area contributed by atoms with E-state index in [1.54, 1.807) is 35.6 Å². The SMILES string of the molecule is CC(C=O)Cc1cccc(I)c1C(F)(F)F. The number of halogens is 4. The minimum absolute atomic E-state index is 0.120. The van der Waals surface area contributed by atoms with Crippen molar-refractivity contribution in [3.63, 3.8) is 0 Å². The standard InChI is InChI=1S/C11H10F3IO/c1-7(6-16)5-8-3-2-4-9(15)10(8)11(12,13)14/h2-4,6-7H,5H2,1H3. The molecular formula is C11H10F3IO. The van der Waals surface area contributed by atoms with Gasteiger partial charge in [0.15, 0.2) is 0 Å². The van der Waals surface area contributed by atoms with E-state index in [-0.39, 0.29) is 15.6 Å². The zero-order chi connectivity index (χ0) is 12.3. The first-order valence-corrected chi connectivity index (χ1v) is 5.74. The average molecular weight is 342 g/mol. The molecular weight excluding hydrogens is 332 g/mol. The highest BCUT2D eigenvalue weighted by Gasteiger charge is 2.35. The van der Waals surface area contributed by atoms with Crippen LogP contribution in [-0.4, -0.2) is 6.29 Å². The first-order chi connectivity index (χ1) is 7.36. The molecule has 0 saturated carbocycles. The molecule has 0 radical (unpaired) electrons. The maximum Gasteiger partial charge on any atom is 0.417 e. The lowest BCUT2D eigenvalue weighted by Gasteiger charge is -2.15. The van der Waals surface area contributed by atoms with Gasteiger partial charge >= 0.3 is 6.18 Å². The third-order valence-electron chi connectivity index (χ3n) is 2.16. The summed E-state index contributed by atoms with van der Waals surface area (Å²) in [7, 11) is 0. The maximum atomic E-state index is 12.8. The molecule has 16 heavy (non-hydrogen) atoms. The van der Waals surface area contributed by atoms with Gasteiger partial charge in [-0.2, -0.15) is 13.2 Å². The Hall–Kier alpha value is -0.590. The molecule has 88 valence electrons. The largest absolute Gasteiger partial charge is 0.417 e. The van der Waals surface area contributed by atoms with Gasteiger partial charge in [0.2, 0.25) is 0 Å². The second kappa shape index (κ2) is 5.16. The Morgan fingerprint density at radius 1 is 1.44 bits per heavy atom. The third kappa shape index (κ3) is 3.20. The van der Waals surface area contributed by atoms with E-state index in [1.807, 2.05) is 0 Å². The molecule has 1 nitrogen and oxygen atoms in total. The maximum absolute atomic E-state index is 12.8. The average Bonchev–Trinajstić information content (AvgIpc) is 2.15. The third-order valence-corrected chi connectivity index (χ3v) is 3.06. The van der Waals surface area contributed by atoms with Crippen LogP contribution in [0.25, 0.3) is 0 Å². The number of carbonyl (C=O) groups excluding carboxylic acids is 1. The molecule has 0 bridgehead atoms. The predicted octanol–water partition coefficient (Wildman–Crippen LogP) is 3.69. The van der Waals surface area contributed by atoms with Gasteiger partial charge in [-0.25, -0.2) is 0 Å². The number of aldehydes is 1. The van der Waals surface area contributed by atoms with E-state index in [9.17, 15) is 18.0 Å². The molecule has 1 unspecified atom stereocenters. The van der Waals surface area contributed by atoms with Crippen molar-refractivity contribution in [2.24, 2.45) is 5.92 Å². The lowest BCUT2D eigenvalue weighted by molar-refractivity contribution is -0.139. The van der Waals surface area contributed by atoms with Crippen molar-refractivity contribution in [1.29, 1.82) is 0 Å². The predicted molar refractivity (Wildman–Crippen MR) is 63.1 cm³/mol. The van der Waals surface area contributed by atoms with Gasteiger partial charge in [0.05, 0.1) is 5.56 Å². The molecule has 1 aromatic rings. The summed E-state index contributed by atoms with van der Waals surface area (Å²) >= 11 is 1.66. The molecule has 0 saturated heterocycles. The Balaban J connectivity index is 3.18. The first kappa shape index (κ1) is 13.5. The minimum Gasteiger partial charge on any atom is -0.303 e. The zero-order valence-electron chi connectivity index (χ0n) is 8.51. The Kier molecular flexibility index (Phi) is 4.35. The molecule has 1 atom stereocenters. The van der Waals surface area contributed by atoms with Gasteiger partial charge in [-0.1, -0.05) is 19.1 Å². The van der Waals surface area contributed by atoms with Crippen molar-refractivity contribution >= 4 is 28.9 Å². The van der Waals surface area contributed by atoms with Crippen molar-refractivity contribution in [3.05, 3.63) is 32.9 Å². The highest BCUT2D eigenvalue weighted by molar-refractivity contribution is 14.1. The summed E-state index contributed by atoms with van der Waals surface area (Å²) in [6.45, 7) is 1.60. The van der Waals surface area contributed by atoms with Crippen LogP contribution in [0.5, 0.6) is 0 Å². The van der Waals surface area contributed by atoms with E-state index < -0.39 is 17.7 Å². The highest BCUT2D eigenvalue weighted by Crippen LogP contribution is 2.36. The van der Waals surface area contributed by atoms with E-state index in [0.29, 0.717) is 6.29 Å². The van der Waals surface area contributed by atoms with E-state index in [1.165, 1.54) is 12.1 Å². The van der Waals surface area contributed by atoms with E-state index in [0.717, 1.165) is 0 Å². The molecule has 0 fully saturated rings. The number of benzene rings is 1. The quantitative estimate of drug-likeness (QED) is 0.605. The number of hydrogen-bond donors (Lipinski definition) is 0. The van der Waals surface area contributed by atoms with Gasteiger partial charge in [0, 0.05) is 9.49 Å². The number of rotatable bonds is 3. The molecule has 0 aliphatic rings. The lowest BCUT2D eigenvalue weighted by Crippen LogP contribution is -2.14. The van der Waals surface area contributed by atoms with Crippen molar-refractivity contribution < 1.29 is 18.0 Å². The Labute approximate surface area is 105 Å². The van der Waals surface area contributed by atoms with Gasteiger partial charge in [-0.3, -0.25) is 0 Å². The number of hydrogen-bond acceptors (Lipinski definition) is 1. The van der Waals surface area contributed by atoms with Crippen LogP contribution in [0.4, 0.5) is 13.2 Å².